The van der Waals surface area contributed by atoms with Crippen LogP contribution in [-0.2, 0) is 4.74 Å². The van der Waals surface area contributed by atoms with Gasteiger partial charge in [0.05, 0.1) is 6.61 Å². The summed E-state index contributed by atoms with van der Waals surface area (Å²) in [5.41, 5.74) is 0. The number of carbonyl (C=O) groups is 1. The van der Waals surface area contributed by atoms with Crippen LogP contribution in [0.1, 0.15) is 27.2 Å². The zero-order chi connectivity index (χ0) is 12.1. The summed E-state index contributed by atoms with van der Waals surface area (Å²) in [5.74, 6) is 1.49. The van der Waals surface area contributed by atoms with E-state index in [0.29, 0.717) is 19.1 Å². The number of rotatable bonds is 6. The number of carbonyl (C=O) groups excluding carboxylic acids is 1. The Labute approximate surface area is 98.3 Å². The van der Waals surface area contributed by atoms with E-state index >= 15 is 0 Å². The molecule has 4 heteroatoms. The zero-order valence-electron chi connectivity index (χ0n) is 10.8. The van der Waals surface area contributed by atoms with Gasteiger partial charge in [-0.15, -0.1) is 0 Å². The predicted octanol–water partition coefficient (Wildman–Crippen LogP) is 1.71. The van der Waals surface area contributed by atoms with Crippen molar-refractivity contribution in [2.75, 3.05) is 26.8 Å². The van der Waals surface area contributed by atoms with E-state index in [0.717, 1.165) is 12.5 Å². The van der Waals surface area contributed by atoms with Gasteiger partial charge in [0.2, 0.25) is 0 Å². The summed E-state index contributed by atoms with van der Waals surface area (Å²) in [6, 6.07) is 0.293. The Kier molecular flexibility index (Phi) is 5.06. The average molecular weight is 228 g/mol. The molecule has 4 nitrogen and oxygen atoms in total. The molecule has 0 saturated heterocycles. The fourth-order valence-electron chi connectivity index (χ4n) is 1.80. The van der Waals surface area contributed by atoms with Crippen molar-refractivity contribution in [3.05, 3.63) is 0 Å². The van der Waals surface area contributed by atoms with Crippen LogP contribution in [0.2, 0.25) is 0 Å². The first kappa shape index (κ1) is 13.3. The van der Waals surface area contributed by atoms with Gasteiger partial charge in [-0.2, -0.15) is 0 Å². The molecule has 2 atom stereocenters. The summed E-state index contributed by atoms with van der Waals surface area (Å²) in [6.07, 6.45) is 1.26. The number of urea groups is 1. The molecule has 1 aliphatic rings. The lowest BCUT2D eigenvalue weighted by Gasteiger charge is -2.27. The number of ether oxygens (including phenoxy) is 1. The van der Waals surface area contributed by atoms with Crippen LogP contribution in [0, 0.1) is 11.8 Å². The van der Waals surface area contributed by atoms with Gasteiger partial charge in [0.1, 0.15) is 0 Å². The van der Waals surface area contributed by atoms with Crippen LogP contribution in [-0.4, -0.2) is 43.8 Å². The van der Waals surface area contributed by atoms with Crippen molar-refractivity contribution < 1.29 is 9.53 Å². The van der Waals surface area contributed by atoms with Crippen molar-refractivity contribution in [3.63, 3.8) is 0 Å². The third-order valence-electron chi connectivity index (χ3n) is 3.17. The van der Waals surface area contributed by atoms with E-state index in [1.165, 1.54) is 6.42 Å². The molecule has 0 spiro atoms. The summed E-state index contributed by atoms with van der Waals surface area (Å²) in [7, 11) is 1.64. The first-order valence-corrected chi connectivity index (χ1v) is 6.09. The van der Waals surface area contributed by atoms with Crippen LogP contribution in [0.15, 0.2) is 0 Å². The van der Waals surface area contributed by atoms with Crippen molar-refractivity contribution in [3.8, 4) is 0 Å². The van der Waals surface area contributed by atoms with Crippen LogP contribution >= 0.6 is 0 Å². The quantitative estimate of drug-likeness (QED) is 0.703. The minimum atomic E-state index is 0.0335. The highest BCUT2D eigenvalue weighted by Gasteiger charge is 2.35. The molecule has 1 aliphatic carbocycles. The fraction of sp³-hybridized carbons (Fsp3) is 0.917. The molecule has 0 heterocycles. The molecule has 1 rings (SSSR count). The highest BCUT2D eigenvalue weighted by molar-refractivity contribution is 5.74. The molecule has 0 aromatic heterocycles. The van der Waals surface area contributed by atoms with Crippen molar-refractivity contribution in [1.82, 2.24) is 10.2 Å². The van der Waals surface area contributed by atoms with E-state index in [2.05, 4.69) is 26.1 Å². The average Bonchev–Trinajstić information content (AvgIpc) is 2.90. The molecular formula is C12H24N2O2. The summed E-state index contributed by atoms with van der Waals surface area (Å²) in [6.45, 7) is 8.39. The highest BCUT2D eigenvalue weighted by Crippen LogP contribution is 2.38. The molecular weight excluding hydrogens is 204 g/mol. The Morgan fingerprint density at radius 3 is 2.62 bits per heavy atom. The Hall–Kier alpha value is -0.770. The predicted molar refractivity (Wildman–Crippen MR) is 64.4 cm³/mol. The van der Waals surface area contributed by atoms with E-state index in [4.69, 9.17) is 4.74 Å². The second-order valence-electron chi connectivity index (χ2n) is 4.94. The van der Waals surface area contributed by atoms with Gasteiger partial charge in [0.25, 0.3) is 0 Å². The molecule has 0 unspecified atom stereocenters. The summed E-state index contributed by atoms with van der Waals surface area (Å²) < 4.78 is 4.91. The molecule has 1 N–H and O–H groups in total. The molecule has 94 valence electrons. The van der Waals surface area contributed by atoms with Crippen molar-refractivity contribution in [2.45, 2.75) is 33.2 Å². The largest absolute Gasteiger partial charge is 0.383 e. The number of nitrogens with one attached hydrogen (secondary N) is 1. The lowest BCUT2D eigenvalue weighted by atomic mass is 10.2. The number of amides is 2. The van der Waals surface area contributed by atoms with Gasteiger partial charge < -0.3 is 15.0 Å². The topological polar surface area (TPSA) is 41.6 Å². The maximum Gasteiger partial charge on any atom is 0.317 e. The molecule has 1 saturated carbocycles. The molecule has 0 radical (unpaired) electrons. The lowest BCUT2D eigenvalue weighted by molar-refractivity contribution is 0.167. The van der Waals surface area contributed by atoms with E-state index in [1.807, 2.05) is 4.90 Å². The zero-order valence-corrected chi connectivity index (χ0v) is 10.8. The van der Waals surface area contributed by atoms with Crippen LogP contribution in [0.5, 0.6) is 0 Å². The van der Waals surface area contributed by atoms with Crippen molar-refractivity contribution >= 4 is 6.03 Å². The normalized spacial score (nSPS) is 23.3. The van der Waals surface area contributed by atoms with E-state index in [-0.39, 0.29) is 12.1 Å². The SMILES string of the molecule is COCCNC(=O)N(C[C@H]1C[C@@H]1C)C(C)C. The Bertz CT molecular complexity index is 231. The van der Waals surface area contributed by atoms with Gasteiger partial charge in [-0.1, -0.05) is 6.92 Å². The standard InChI is InChI=1S/C12H24N2O2/c1-9(2)14(8-11-7-10(11)3)12(15)13-5-6-16-4/h9-11H,5-8H2,1-4H3,(H,13,15)/t10-,11+/m0/s1. The number of nitrogens with zero attached hydrogens (tertiary/aromatic N) is 1. The molecule has 0 aromatic rings. The Morgan fingerprint density at radius 1 is 1.56 bits per heavy atom. The molecule has 1 fully saturated rings. The van der Waals surface area contributed by atoms with Crippen molar-refractivity contribution in [2.24, 2.45) is 11.8 Å². The van der Waals surface area contributed by atoms with Crippen LogP contribution < -0.4 is 5.32 Å². The number of hydrogen-bond donors (Lipinski definition) is 1. The highest BCUT2D eigenvalue weighted by atomic mass is 16.5. The second kappa shape index (κ2) is 6.09. The fourth-order valence-corrected chi connectivity index (χ4v) is 1.80. The molecule has 0 bridgehead atoms. The number of hydrogen-bond acceptors (Lipinski definition) is 2. The monoisotopic (exact) mass is 228 g/mol. The van der Waals surface area contributed by atoms with Crippen LogP contribution in [0.25, 0.3) is 0 Å². The minimum Gasteiger partial charge on any atom is -0.383 e. The molecule has 2 amide bonds. The van der Waals surface area contributed by atoms with Gasteiger partial charge in [-0.05, 0) is 32.1 Å². The Balaban J connectivity index is 2.33. The summed E-state index contributed by atoms with van der Waals surface area (Å²) >= 11 is 0. The Morgan fingerprint density at radius 2 is 2.19 bits per heavy atom. The van der Waals surface area contributed by atoms with Gasteiger partial charge in [-0.3, -0.25) is 0 Å². The molecule has 0 aliphatic heterocycles. The first-order valence-electron chi connectivity index (χ1n) is 6.09. The first-order chi connectivity index (χ1) is 7.56. The summed E-state index contributed by atoms with van der Waals surface area (Å²) in [4.78, 5) is 13.8. The minimum absolute atomic E-state index is 0.0335. The second-order valence-corrected chi connectivity index (χ2v) is 4.94. The van der Waals surface area contributed by atoms with Gasteiger partial charge in [0.15, 0.2) is 0 Å². The van der Waals surface area contributed by atoms with Gasteiger partial charge in [0, 0.05) is 26.2 Å². The lowest BCUT2D eigenvalue weighted by Crippen LogP contribution is -2.45. The van der Waals surface area contributed by atoms with Crippen LogP contribution in [0.4, 0.5) is 4.79 Å². The van der Waals surface area contributed by atoms with E-state index in [9.17, 15) is 4.79 Å². The summed E-state index contributed by atoms with van der Waals surface area (Å²) in [5, 5.41) is 2.87. The van der Waals surface area contributed by atoms with E-state index < -0.39 is 0 Å². The van der Waals surface area contributed by atoms with Gasteiger partial charge in [-0.25, -0.2) is 4.79 Å². The maximum absolute atomic E-state index is 11.9. The van der Waals surface area contributed by atoms with Crippen molar-refractivity contribution in [1.29, 1.82) is 0 Å². The maximum atomic E-state index is 11.9. The smallest absolute Gasteiger partial charge is 0.317 e. The third-order valence-corrected chi connectivity index (χ3v) is 3.17. The van der Waals surface area contributed by atoms with Crippen LogP contribution in [0.3, 0.4) is 0 Å². The van der Waals surface area contributed by atoms with Gasteiger partial charge >= 0.3 is 6.03 Å². The molecule has 16 heavy (non-hydrogen) atoms. The number of methoxy groups -OCH3 is 1. The third kappa shape index (κ3) is 4.00. The molecule has 0 aromatic carbocycles. The van der Waals surface area contributed by atoms with E-state index in [1.54, 1.807) is 7.11 Å².